The van der Waals surface area contributed by atoms with Crippen LogP contribution in [0.3, 0.4) is 0 Å². The highest BCUT2D eigenvalue weighted by molar-refractivity contribution is 5.93. The molecule has 0 atom stereocenters. The lowest BCUT2D eigenvalue weighted by atomic mass is 9.84. The summed E-state index contributed by atoms with van der Waals surface area (Å²) in [6, 6.07) is 8.43. The summed E-state index contributed by atoms with van der Waals surface area (Å²) in [6.45, 7) is 7.45. The van der Waals surface area contributed by atoms with Gasteiger partial charge in [0.05, 0.1) is 0 Å². The fourth-order valence-corrected chi connectivity index (χ4v) is 4.78. The van der Waals surface area contributed by atoms with Gasteiger partial charge < -0.3 is 20.7 Å². The molecule has 1 aliphatic carbocycles. The predicted molar refractivity (Wildman–Crippen MR) is 123 cm³/mol. The predicted octanol–water partition coefficient (Wildman–Crippen LogP) is 2.87. The molecule has 3 N–H and O–H groups in total. The average Bonchev–Trinajstić information content (AvgIpc) is 2.79. The molecular weight excluding hydrogens is 376 g/mol. The van der Waals surface area contributed by atoms with Crippen molar-refractivity contribution in [3.8, 4) is 0 Å². The van der Waals surface area contributed by atoms with Gasteiger partial charge in [0.1, 0.15) is 0 Å². The van der Waals surface area contributed by atoms with Crippen LogP contribution in [-0.2, 0) is 4.74 Å². The summed E-state index contributed by atoms with van der Waals surface area (Å²) in [6.07, 6.45) is 9.11. The molecule has 1 amide bonds. The lowest BCUT2D eigenvalue weighted by Crippen LogP contribution is -2.47. The van der Waals surface area contributed by atoms with Crippen LogP contribution < -0.4 is 16.0 Å². The van der Waals surface area contributed by atoms with Gasteiger partial charge in [-0.2, -0.15) is 0 Å². The molecule has 1 saturated carbocycles. The number of primary amides is 1. The first-order valence-electron chi connectivity index (χ1n) is 11.7. The van der Waals surface area contributed by atoms with Crippen LogP contribution in [0.1, 0.15) is 55.3 Å². The SMILES string of the molecule is COCCCCNC1CCC(CCN2CCN(c3cccc(C(N)=O)c3)CC2)CC1. The molecule has 0 aromatic heterocycles. The smallest absolute Gasteiger partial charge is 0.248 e. The first-order chi connectivity index (χ1) is 14.7. The maximum absolute atomic E-state index is 11.4. The summed E-state index contributed by atoms with van der Waals surface area (Å²) >= 11 is 0. The van der Waals surface area contributed by atoms with Gasteiger partial charge in [-0.15, -0.1) is 0 Å². The normalized spacial score (nSPS) is 22.9. The fourth-order valence-electron chi connectivity index (χ4n) is 4.78. The lowest BCUT2D eigenvalue weighted by molar-refractivity contribution is 0.100. The van der Waals surface area contributed by atoms with Gasteiger partial charge in [-0.1, -0.05) is 6.07 Å². The van der Waals surface area contributed by atoms with Crippen molar-refractivity contribution in [1.82, 2.24) is 10.2 Å². The maximum Gasteiger partial charge on any atom is 0.248 e. The summed E-state index contributed by atoms with van der Waals surface area (Å²) in [5, 5.41) is 3.74. The number of rotatable bonds is 11. The van der Waals surface area contributed by atoms with E-state index in [0.717, 1.165) is 63.4 Å². The van der Waals surface area contributed by atoms with Crippen LogP contribution >= 0.6 is 0 Å². The zero-order valence-electron chi connectivity index (χ0n) is 18.7. The Kier molecular flexibility index (Phi) is 9.43. The number of benzene rings is 1. The van der Waals surface area contributed by atoms with E-state index in [1.165, 1.54) is 45.1 Å². The third-order valence-corrected chi connectivity index (χ3v) is 6.78. The van der Waals surface area contributed by atoms with E-state index in [1.54, 1.807) is 13.2 Å². The molecule has 0 unspecified atom stereocenters. The molecule has 1 heterocycles. The second-order valence-electron chi connectivity index (χ2n) is 8.90. The lowest BCUT2D eigenvalue weighted by Gasteiger charge is -2.37. The minimum atomic E-state index is -0.355. The Hall–Kier alpha value is -1.63. The Morgan fingerprint density at radius 3 is 2.60 bits per heavy atom. The molecule has 168 valence electrons. The number of carbonyl (C=O) groups excluding carboxylic acids is 1. The van der Waals surface area contributed by atoms with E-state index in [1.807, 2.05) is 12.1 Å². The monoisotopic (exact) mass is 416 g/mol. The van der Waals surface area contributed by atoms with Crippen molar-refractivity contribution >= 4 is 11.6 Å². The molecular formula is C24H40N4O2. The maximum atomic E-state index is 11.4. The quantitative estimate of drug-likeness (QED) is 0.543. The molecule has 30 heavy (non-hydrogen) atoms. The molecule has 1 saturated heterocycles. The Bertz CT molecular complexity index is 638. The molecule has 3 rings (SSSR count). The van der Waals surface area contributed by atoms with Crippen LogP contribution in [-0.4, -0.2) is 69.8 Å². The molecule has 1 aliphatic heterocycles. The van der Waals surface area contributed by atoms with Crippen molar-refractivity contribution in [1.29, 1.82) is 0 Å². The third-order valence-electron chi connectivity index (χ3n) is 6.78. The topological polar surface area (TPSA) is 70.8 Å². The van der Waals surface area contributed by atoms with Crippen molar-refractivity contribution in [3.63, 3.8) is 0 Å². The van der Waals surface area contributed by atoms with Crippen LogP contribution in [0.2, 0.25) is 0 Å². The number of ether oxygens (including phenoxy) is 1. The molecule has 0 radical (unpaired) electrons. The van der Waals surface area contributed by atoms with Gasteiger partial charge in [-0.25, -0.2) is 0 Å². The molecule has 6 nitrogen and oxygen atoms in total. The highest BCUT2D eigenvalue weighted by Crippen LogP contribution is 2.27. The molecule has 2 aliphatic rings. The van der Waals surface area contributed by atoms with Gasteiger partial charge in [-0.3, -0.25) is 9.69 Å². The number of nitrogens with two attached hydrogens (primary N) is 1. The number of nitrogens with one attached hydrogen (secondary N) is 1. The highest BCUT2D eigenvalue weighted by atomic mass is 16.5. The minimum Gasteiger partial charge on any atom is -0.385 e. The third kappa shape index (κ3) is 7.25. The summed E-state index contributed by atoms with van der Waals surface area (Å²) in [4.78, 5) is 16.4. The molecule has 0 bridgehead atoms. The number of amides is 1. The summed E-state index contributed by atoms with van der Waals surface area (Å²) in [7, 11) is 1.78. The number of hydrogen-bond donors (Lipinski definition) is 2. The van der Waals surface area contributed by atoms with E-state index in [2.05, 4.69) is 21.2 Å². The number of anilines is 1. The number of methoxy groups -OCH3 is 1. The Labute approximate surface area is 182 Å². The number of hydrogen-bond acceptors (Lipinski definition) is 5. The zero-order chi connectivity index (χ0) is 21.2. The Morgan fingerprint density at radius 2 is 1.90 bits per heavy atom. The van der Waals surface area contributed by atoms with E-state index >= 15 is 0 Å². The van der Waals surface area contributed by atoms with Crippen molar-refractivity contribution in [3.05, 3.63) is 29.8 Å². The minimum absolute atomic E-state index is 0.355. The summed E-state index contributed by atoms with van der Waals surface area (Å²) in [5.74, 6) is 0.535. The largest absolute Gasteiger partial charge is 0.385 e. The fraction of sp³-hybridized carbons (Fsp3) is 0.708. The van der Waals surface area contributed by atoms with Crippen LogP contribution in [0.4, 0.5) is 5.69 Å². The van der Waals surface area contributed by atoms with E-state index in [-0.39, 0.29) is 5.91 Å². The van der Waals surface area contributed by atoms with Crippen molar-refractivity contribution in [2.45, 2.75) is 51.0 Å². The summed E-state index contributed by atoms with van der Waals surface area (Å²) in [5.41, 5.74) is 7.12. The van der Waals surface area contributed by atoms with Crippen LogP contribution in [0.25, 0.3) is 0 Å². The van der Waals surface area contributed by atoms with Crippen LogP contribution in [0.15, 0.2) is 24.3 Å². The van der Waals surface area contributed by atoms with Gasteiger partial charge in [-0.05, 0) is 82.2 Å². The number of piperazine rings is 1. The first kappa shape index (κ1) is 23.0. The molecule has 1 aromatic rings. The summed E-state index contributed by atoms with van der Waals surface area (Å²) < 4.78 is 5.12. The van der Waals surface area contributed by atoms with Crippen molar-refractivity contribution in [2.75, 3.05) is 57.9 Å². The van der Waals surface area contributed by atoms with Gasteiger partial charge in [0.15, 0.2) is 0 Å². The van der Waals surface area contributed by atoms with Gasteiger partial charge in [0, 0.05) is 57.2 Å². The Morgan fingerprint density at radius 1 is 1.13 bits per heavy atom. The number of unbranched alkanes of at least 4 members (excludes halogenated alkanes) is 1. The molecule has 1 aromatic carbocycles. The molecule has 0 spiro atoms. The van der Waals surface area contributed by atoms with Crippen molar-refractivity contribution in [2.24, 2.45) is 11.7 Å². The van der Waals surface area contributed by atoms with E-state index in [0.29, 0.717) is 5.56 Å². The van der Waals surface area contributed by atoms with E-state index < -0.39 is 0 Å². The Balaban J connectivity index is 1.29. The van der Waals surface area contributed by atoms with Crippen molar-refractivity contribution < 1.29 is 9.53 Å². The number of carbonyl (C=O) groups is 1. The zero-order valence-corrected chi connectivity index (χ0v) is 18.7. The second-order valence-corrected chi connectivity index (χ2v) is 8.90. The van der Waals surface area contributed by atoms with Crippen LogP contribution in [0, 0.1) is 5.92 Å². The van der Waals surface area contributed by atoms with E-state index in [4.69, 9.17) is 10.5 Å². The number of nitrogens with zero attached hydrogens (tertiary/aromatic N) is 2. The van der Waals surface area contributed by atoms with Gasteiger partial charge in [0.2, 0.25) is 5.91 Å². The first-order valence-corrected chi connectivity index (χ1v) is 11.7. The van der Waals surface area contributed by atoms with E-state index in [9.17, 15) is 4.79 Å². The second kappa shape index (κ2) is 12.3. The van der Waals surface area contributed by atoms with Gasteiger partial charge >= 0.3 is 0 Å². The standard InChI is InChI=1S/C24H40N4O2/c1-30-18-3-2-12-26-22-9-7-20(8-10-22)11-13-27-14-16-28(17-15-27)23-6-4-5-21(19-23)24(25)29/h4-6,19-20,22,26H,2-3,7-18H2,1H3,(H2,25,29). The average molecular weight is 417 g/mol. The van der Waals surface area contributed by atoms with Gasteiger partial charge in [0.25, 0.3) is 0 Å². The molecule has 6 heteroatoms. The van der Waals surface area contributed by atoms with Crippen LogP contribution in [0.5, 0.6) is 0 Å². The molecule has 2 fully saturated rings. The highest BCUT2D eigenvalue weighted by Gasteiger charge is 2.23.